The fraction of sp³-hybridized carbons (Fsp3) is 0.588. The first-order valence-electron chi connectivity index (χ1n) is 7.94. The van der Waals surface area contributed by atoms with Gasteiger partial charge in [0.1, 0.15) is 11.6 Å². The van der Waals surface area contributed by atoms with Crippen LogP contribution in [-0.4, -0.2) is 9.55 Å². The normalized spacial score (nSPS) is 13.2. The van der Waals surface area contributed by atoms with E-state index < -0.39 is 0 Å². The number of hydrogen-bond donors (Lipinski definition) is 1. The lowest BCUT2D eigenvalue weighted by atomic mass is 10.0. The number of imidazole rings is 1. The number of halogens is 1. The van der Waals surface area contributed by atoms with E-state index in [1.54, 1.807) is 0 Å². The molecule has 116 valence electrons. The monoisotopic (exact) mass is 291 g/mol. The Bertz CT molecular complexity index is 589. The molecule has 1 unspecified atom stereocenters. The van der Waals surface area contributed by atoms with Crippen molar-refractivity contribution in [3.8, 4) is 0 Å². The molecule has 0 aliphatic rings. The van der Waals surface area contributed by atoms with Crippen LogP contribution in [0.25, 0.3) is 11.0 Å². The summed E-state index contributed by atoms with van der Waals surface area (Å²) in [4.78, 5) is 4.60. The number of nitrogens with two attached hydrogens (primary N) is 1. The lowest BCUT2D eigenvalue weighted by molar-refractivity contribution is 0.470. The zero-order valence-electron chi connectivity index (χ0n) is 13.3. The van der Waals surface area contributed by atoms with Crippen molar-refractivity contribution in [3.05, 3.63) is 29.8 Å². The zero-order chi connectivity index (χ0) is 15.4. The highest BCUT2D eigenvalue weighted by Gasteiger charge is 2.18. The third-order valence-corrected chi connectivity index (χ3v) is 3.78. The van der Waals surface area contributed by atoms with Crippen LogP contribution in [0.4, 0.5) is 4.39 Å². The maximum atomic E-state index is 13.4. The topological polar surface area (TPSA) is 43.8 Å². The maximum absolute atomic E-state index is 13.4. The van der Waals surface area contributed by atoms with Crippen molar-refractivity contribution in [2.75, 3.05) is 0 Å². The van der Waals surface area contributed by atoms with Crippen molar-refractivity contribution in [2.24, 2.45) is 11.7 Å². The Morgan fingerprint density at radius 3 is 2.71 bits per heavy atom. The van der Waals surface area contributed by atoms with Crippen LogP contribution >= 0.6 is 0 Å². The molecule has 1 atom stereocenters. The first-order valence-corrected chi connectivity index (χ1v) is 7.94. The number of fused-ring (bicyclic) bond motifs is 1. The minimum Gasteiger partial charge on any atom is -0.327 e. The molecular formula is C17H26FN3. The molecule has 1 aromatic heterocycles. The van der Waals surface area contributed by atoms with Gasteiger partial charge in [-0.05, 0) is 30.9 Å². The number of aromatic nitrogens is 2. The quantitative estimate of drug-likeness (QED) is 0.768. The number of rotatable bonds is 7. The Labute approximate surface area is 126 Å². The van der Waals surface area contributed by atoms with Crippen molar-refractivity contribution in [2.45, 2.75) is 59.0 Å². The first-order chi connectivity index (χ1) is 10.0. The van der Waals surface area contributed by atoms with Gasteiger partial charge in [0, 0.05) is 12.6 Å². The van der Waals surface area contributed by atoms with Gasteiger partial charge in [-0.25, -0.2) is 9.37 Å². The number of hydrogen-bond acceptors (Lipinski definition) is 2. The maximum Gasteiger partial charge on any atom is 0.126 e. The smallest absolute Gasteiger partial charge is 0.126 e. The molecule has 2 N–H and O–H groups in total. The molecule has 0 spiro atoms. The third kappa shape index (κ3) is 3.82. The Kier molecular flexibility index (Phi) is 5.34. The van der Waals surface area contributed by atoms with E-state index >= 15 is 0 Å². The van der Waals surface area contributed by atoms with Crippen molar-refractivity contribution >= 4 is 11.0 Å². The second-order valence-electron chi connectivity index (χ2n) is 6.20. The molecule has 0 saturated carbocycles. The molecule has 0 aliphatic carbocycles. The molecule has 1 aromatic carbocycles. The van der Waals surface area contributed by atoms with E-state index in [9.17, 15) is 4.39 Å². The summed E-state index contributed by atoms with van der Waals surface area (Å²) in [5.41, 5.74) is 8.02. The summed E-state index contributed by atoms with van der Waals surface area (Å²) in [7, 11) is 0. The van der Waals surface area contributed by atoms with Gasteiger partial charge in [0.2, 0.25) is 0 Å². The second kappa shape index (κ2) is 7.03. The minimum absolute atomic E-state index is 0.0953. The summed E-state index contributed by atoms with van der Waals surface area (Å²) < 4.78 is 15.6. The minimum atomic E-state index is -0.246. The van der Waals surface area contributed by atoms with E-state index in [2.05, 4.69) is 30.3 Å². The lowest BCUT2D eigenvalue weighted by Crippen LogP contribution is -2.18. The Balaban J connectivity index is 2.38. The van der Waals surface area contributed by atoms with Gasteiger partial charge >= 0.3 is 0 Å². The SMILES string of the molecule is CCCCCn1c(C(N)CC(C)C)nc2cc(F)ccc21. The summed E-state index contributed by atoms with van der Waals surface area (Å²) in [5.74, 6) is 1.16. The van der Waals surface area contributed by atoms with Crippen molar-refractivity contribution in [1.29, 1.82) is 0 Å². The summed E-state index contributed by atoms with van der Waals surface area (Å²) in [6.07, 6.45) is 4.34. The summed E-state index contributed by atoms with van der Waals surface area (Å²) >= 11 is 0. The van der Waals surface area contributed by atoms with Crippen LogP contribution in [0.3, 0.4) is 0 Å². The molecule has 0 amide bonds. The Hall–Kier alpha value is -1.42. The van der Waals surface area contributed by atoms with Crippen LogP contribution in [0.2, 0.25) is 0 Å². The number of benzene rings is 1. The van der Waals surface area contributed by atoms with E-state index in [1.807, 2.05) is 6.07 Å². The summed E-state index contributed by atoms with van der Waals surface area (Å²) in [5, 5.41) is 0. The van der Waals surface area contributed by atoms with Crippen molar-refractivity contribution in [1.82, 2.24) is 9.55 Å². The lowest BCUT2D eigenvalue weighted by Gasteiger charge is -2.16. The Morgan fingerprint density at radius 2 is 2.05 bits per heavy atom. The van der Waals surface area contributed by atoms with Crippen LogP contribution in [0.1, 0.15) is 58.3 Å². The van der Waals surface area contributed by atoms with Crippen molar-refractivity contribution < 1.29 is 4.39 Å². The molecule has 0 aliphatic heterocycles. The highest BCUT2D eigenvalue weighted by molar-refractivity contribution is 5.76. The van der Waals surface area contributed by atoms with Gasteiger partial charge in [-0.15, -0.1) is 0 Å². The fourth-order valence-corrected chi connectivity index (χ4v) is 2.77. The average molecular weight is 291 g/mol. The second-order valence-corrected chi connectivity index (χ2v) is 6.20. The van der Waals surface area contributed by atoms with Crippen LogP contribution in [0, 0.1) is 11.7 Å². The average Bonchev–Trinajstić information content (AvgIpc) is 2.76. The van der Waals surface area contributed by atoms with Gasteiger partial charge < -0.3 is 10.3 Å². The standard InChI is InChI=1S/C17H26FN3/c1-4-5-6-9-21-16-8-7-13(18)11-15(16)20-17(21)14(19)10-12(2)3/h7-8,11-12,14H,4-6,9-10,19H2,1-3H3. The molecule has 1 heterocycles. The molecule has 21 heavy (non-hydrogen) atoms. The molecule has 0 radical (unpaired) electrons. The van der Waals surface area contributed by atoms with E-state index in [0.29, 0.717) is 11.4 Å². The largest absolute Gasteiger partial charge is 0.327 e. The van der Waals surface area contributed by atoms with E-state index in [4.69, 9.17) is 5.73 Å². The van der Waals surface area contributed by atoms with Crippen molar-refractivity contribution in [3.63, 3.8) is 0 Å². The summed E-state index contributed by atoms with van der Waals surface area (Å²) in [6, 6.07) is 4.71. The number of unbranched alkanes of at least 4 members (excludes halogenated alkanes) is 2. The highest BCUT2D eigenvalue weighted by atomic mass is 19.1. The van der Waals surface area contributed by atoms with Crippen LogP contribution < -0.4 is 5.73 Å². The highest BCUT2D eigenvalue weighted by Crippen LogP contribution is 2.25. The van der Waals surface area contributed by atoms with Crippen LogP contribution in [-0.2, 0) is 6.54 Å². The predicted molar refractivity (Wildman–Crippen MR) is 85.6 cm³/mol. The van der Waals surface area contributed by atoms with E-state index in [0.717, 1.165) is 30.7 Å². The van der Waals surface area contributed by atoms with Gasteiger partial charge in [-0.2, -0.15) is 0 Å². The number of aryl methyl sites for hydroxylation is 1. The van der Waals surface area contributed by atoms with Gasteiger partial charge in [0.05, 0.1) is 17.1 Å². The molecule has 2 aromatic rings. The van der Waals surface area contributed by atoms with Gasteiger partial charge in [0.25, 0.3) is 0 Å². The molecule has 3 nitrogen and oxygen atoms in total. The van der Waals surface area contributed by atoms with Crippen LogP contribution in [0.15, 0.2) is 18.2 Å². The predicted octanol–water partition coefficient (Wildman–Crippen LogP) is 4.41. The third-order valence-electron chi connectivity index (χ3n) is 3.78. The molecule has 0 bridgehead atoms. The zero-order valence-corrected chi connectivity index (χ0v) is 13.3. The molecular weight excluding hydrogens is 265 g/mol. The molecule has 0 saturated heterocycles. The first kappa shape index (κ1) is 16.0. The van der Waals surface area contributed by atoms with E-state index in [1.165, 1.54) is 25.0 Å². The number of nitrogens with zero attached hydrogens (tertiary/aromatic N) is 2. The van der Waals surface area contributed by atoms with Gasteiger partial charge in [-0.1, -0.05) is 33.6 Å². The molecule has 0 fully saturated rings. The fourth-order valence-electron chi connectivity index (χ4n) is 2.77. The van der Waals surface area contributed by atoms with Crippen LogP contribution in [0.5, 0.6) is 0 Å². The summed E-state index contributed by atoms with van der Waals surface area (Å²) in [6.45, 7) is 7.40. The molecule has 2 rings (SSSR count). The van der Waals surface area contributed by atoms with E-state index in [-0.39, 0.29) is 11.9 Å². The molecule has 4 heteroatoms. The van der Waals surface area contributed by atoms with Gasteiger partial charge in [-0.3, -0.25) is 0 Å². The van der Waals surface area contributed by atoms with Gasteiger partial charge in [0.15, 0.2) is 0 Å². The Morgan fingerprint density at radius 1 is 1.29 bits per heavy atom.